The third-order valence-electron chi connectivity index (χ3n) is 5.32. The van der Waals surface area contributed by atoms with Gasteiger partial charge in [-0.1, -0.05) is 11.6 Å². The van der Waals surface area contributed by atoms with E-state index >= 15 is 0 Å². The van der Waals surface area contributed by atoms with Crippen LogP contribution >= 0.6 is 11.6 Å². The monoisotopic (exact) mass is 488 g/mol. The molecule has 0 unspecified atom stereocenters. The first-order chi connectivity index (χ1) is 16.2. The first kappa shape index (κ1) is 22.0. The summed E-state index contributed by atoms with van der Waals surface area (Å²) in [6.07, 6.45) is 3.08. The zero-order chi connectivity index (χ0) is 24.0. The number of imidazole rings is 1. The summed E-state index contributed by atoms with van der Waals surface area (Å²) in [6, 6.07) is 4.49. The number of alkyl halides is 2. The van der Waals surface area contributed by atoms with Crippen molar-refractivity contribution in [1.82, 2.24) is 29.3 Å². The third-order valence-corrected chi connectivity index (χ3v) is 5.69. The van der Waals surface area contributed by atoms with Crippen LogP contribution in [0.5, 0.6) is 11.5 Å². The number of aromatic nitrogens is 6. The Hall–Kier alpha value is -3.80. The molecule has 1 amide bonds. The fourth-order valence-electron chi connectivity index (χ4n) is 3.78. The van der Waals surface area contributed by atoms with Gasteiger partial charge in [0.05, 0.1) is 6.20 Å². The molecular formula is C21H19ClF2N8O2. The van der Waals surface area contributed by atoms with Crippen LogP contribution in [0.15, 0.2) is 30.6 Å². The lowest BCUT2D eigenvalue weighted by atomic mass is 10.1. The molecule has 0 aromatic carbocycles. The Morgan fingerprint density at radius 2 is 2.09 bits per heavy atom. The van der Waals surface area contributed by atoms with Gasteiger partial charge >= 0.3 is 0 Å². The second-order valence-corrected chi connectivity index (χ2v) is 8.21. The molecule has 5 heterocycles. The number of fused-ring (bicyclic) bond motifs is 2. The molecule has 0 atom stereocenters. The van der Waals surface area contributed by atoms with Gasteiger partial charge in [0.25, 0.3) is 5.92 Å². The average molecular weight is 489 g/mol. The number of pyridine rings is 2. The van der Waals surface area contributed by atoms with Gasteiger partial charge in [-0.2, -0.15) is 18.9 Å². The van der Waals surface area contributed by atoms with Gasteiger partial charge < -0.3 is 19.9 Å². The minimum absolute atomic E-state index is 0.122. The molecule has 1 aliphatic rings. The second-order valence-electron chi connectivity index (χ2n) is 7.83. The molecule has 0 radical (unpaired) electrons. The van der Waals surface area contributed by atoms with Gasteiger partial charge in [-0.05, 0) is 12.5 Å². The number of hydrogen-bond acceptors (Lipinski definition) is 7. The highest BCUT2D eigenvalue weighted by Crippen LogP contribution is 2.39. The molecule has 13 heteroatoms. The second kappa shape index (κ2) is 8.20. The van der Waals surface area contributed by atoms with Gasteiger partial charge in [-0.3, -0.25) is 9.48 Å². The maximum atomic E-state index is 14.2. The van der Waals surface area contributed by atoms with Crippen molar-refractivity contribution >= 4 is 46.3 Å². The Bertz CT molecular complexity index is 1420. The molecular weight excluding hydrogens is 470 g/mol. The van der Waals surface area contributed by atoms with Crippen LogP contribution < -0.4 is 15.4 Å². The van der Waals surface area contributed by atoms with Crippen molar-refractivity contribution in [2.75, 3.05) is 10.6 Å². The van der Waals surface area contributed by atoms with Crippen molar-refractivity contribution in [3.05, 3.63) is 41.3 Å². The summed E-state index contributed by atoms with van der Waals surface area (Å²) in [5, 5.41) is 10.0. The van der Waals surface area contributed by atoms with E-state index in [1.807, 2.05) is 0 Å². The summed E-state index contributed by atoms with van der Waals surface area (Å²) in [4.78, 5) is 24.0. The zero-order valence-electron chi connectivity index (χ0n) is 18.1. The number of nitrogens with zero attached hydrogens (tertiary/aromatic N) is 6. The van der Waals surface area contributed by atoms with E-state index in [1.165, 1.54) is 30.1 Å². The SMILES string of the molecule is CC(=O)Nc1cc(Oc2cnc3nc(Nc4cc5n(n4)CCCC5(F)F)n(C)c3c2Cl)ccn1. The smallest absolute Gasteiger partial charge is 0.289 e. The van der Waals surface area contributed by atoms with Crippen LogP contribution in [0, 0.1) is 0 Å². The number of rotatable bonds is 5. The van der Waals surface area contributed by atoms with E-state index in [4.69, 9.17) is 16.3 Å². The van der Waals surface area contributed by atoms with Crippen molar-refractivity contribution in [2.45, 2.75) is 32.2 Å². The highest BCUT2D eigenvalue weighted by Gasteiger charge is 2.38. The number of anilines is 3. The number of amides is 1. The van der Waals surface area contributed by atoms with Crippen molar-refractivity contribution in [3.63, 3.8) is 0 Å². The summed E-state index contributed by atoms with van der Waals surface area (Å²) >= 11 is 6.60. The maximum absolute atomic E-state index is 14.2. The lowest BCUT2D eigenvalue weighted by molar-refractivity contribution is -0.114. The fourth-order valence-corrected chi connectivity index (χ4v) is 4.08. The van der Waals surface area contributed by atoms with E-state index in [9.17, 15) is 13.6 Å². The Morgan fingerprint density at radius 1 is 1.26 bits per heavy atom. The summed E-state index contributed by atoms with van der Waals surface area (Å²) < 4.78 is 37.2. The van der Waals surface area contributed by atoms with Crippen LogP contribution in [0.1, 0.15) is 25.5 Å². The molecule has 1 aliphatic heterocycles. The standard InChI is InChI=1S/C21H19ClF2N8O2/c1-11(33)27-15-8-12(4-6-25-15)34-13-10-26-19-18(17(13)22)31(2)20(29-19)28-16-9-14-21(23,24)5-3-7-32(14)30-16/h4,6,8-10H,3,5,7H2,1-2H3,(H,25,27,33)(H,26,28,29,30). The van der Waals surface area contributed by atoms with Gasteiger partial charge in [0.1, 0.15) is 27.8 Å². The third kappa shape index (κ3) is 4.00. The fraction of sp³-hybridized carbons (Fsp3) is 0.286. The van der Waals surface area contributed by atoms with Gasteiger partial charge in [-0.25, -0.2) is 9.97 Å². The molecule has 4 aromatic rings. The highest BCUT2D eigenvalue weighted by atomic mass is 35.5. The summed E-state index contributed by atoms with van der Waals surface area (Å²) in [7, 11) is 1.71. The number of carbonyl (C=O) groups excluding carboxylic acids is 1. The molecule has 2 N–H and O–H groups in total. The quantitative estimate of drug-likeness (QED) is 0.422. The lowest BCUT2D eigenvalue weighted by Gasteiger charge is -2.22. The molecule has 0 aliphatic carbocycles. The number of nitrogens with one attached hydrogen (secondary N) is 2. The van der Waals surface area contributed by atoms with E-state index in [2.05, 4.69) is 30.7 Å². The van der Waals surface area contributed by atoms with Crippen LogP contribution in [0.2, 0.25) is 5.02 Å². The van der Waals surface area contributed by atoms with E-state index in [1.54, 1.807) is 23.7 Å². The average Bonchev–Trinajstić information content (AvgIpc) is 3.32. The van der Waals surface area contributed by atoms with Crippen molar-refractivity contribution < 1.29 is 18.3 Å². The molecule has 0 saturated heterocycles. The number of halogens is 3. The molecule has 5 rings (SSSR count). The number of carbonyl (C=O) groups is 1. The predicted molar refractivity (Wildman–Crippen MR) is 121 cm³/mol. The largest absolute Gasteiger partial charge is 0.454 e. The minimum atomic E-state index is -2.92. The molecule has 4 aromatic heterocycles. The Kier molecular flexibility index (Phi) is 5.31. The van der Waals surface area contributed by atoms with Crippen LogP contribution in [-0.4, -0.2) is 35.2 Å². The Balaban J connectivity index is 1.44. The van der Waals surface area contributed by atoms with Crippen LogP contribution in [0.25, 0.3) is 11.2 Å². The molecule has 34 heavy (non-hydrogen) atoms. The topological polar surface area (TPSA) is 112 Å². The molecule has 0 saturated carbocycles. The van der Waals surface area contributed by atoms with E-state index in [0.717, 1.165) is 0 Å². The van der Waals surface area contributed by atoms with Crippen molar-refractivity contribution in [1.29, 1.82) is 0 Å². The number of aryl methyl sites for hydroxylation is 2. The summed E-state index contributed by atoms with van der Waals surface area (Å²) in [5.41, 5.74) is 0.695. The predicted octanol–water partition coefficient (Wildman–Crippen LogP) is 4.59. The normalized spacial score (nSPS) is 14.6. The highest BCUT2D eigenvalue weighted by molar-refractivity contribution is 6.36. The molecule has 0 bridgehead atoms. The van der Waals surface area contributed by atoms with Crippen LogP contribution in [-0.2, 0) is 24.3 Å². The molecule has 10 nitrogen and oxygen atoms in total. The number of hydrogen-bond donors (Lipinski definition) is 2. The van der Waals surface area contributed by atoms with Crippen molar-refractivity contribution in [2.24, 2.45) is 7.05 Å². The summed E-state index contributed by atoms with van der Waals surface area (Å²) in [5.74, 6) is -1.60. The van der Waals surface area contributed by atoms with E-state index in [0.29, 0.717) is 41.6 Å². The van der Waals surface area contributed by atoms with Gasteiger partial charge in [0.15, 0.2) is 17.2 Å². The maximum Gasteiger partial charge on any atom is 0.289 e. The molecule has 0 fully saturated rings. The van der Waals surface area contributed by atoms with Gasteiger partial charge in [0, 0.05) is 45.3 Å². The lowest BCUT2D eigenvalue weighted by Crippen LogP contribution is -2.25. The number of ether oxygens (including phenoxy) is 1. The molecule has 176 valence electrons. The van der Waals surface area contributed by atoms with E-state index in [-0.39, 0.29) is 34.6 Å². The van der Waals surface area contributed by atoms with E-state index < -0.39 is 5.92 Å². The summed E-state index contributed by atoms with van der Waals surface area (Å²) in [6.45, 7) is 1.81. The van der Waals surface area contributed by atoms with Gasteiger partial charge in [0.2, 0.25) is 11.9 Å². The Morgan fingerprint density at radius 3 is 2.85 bits per heavy atom. The van der Waals surface area contributed by atoms with Crippen molar-refractivity contribution in [3.8, 4) is 11.5 Å². The van der Waals surface area contributed by atoms with Crippen LogP contribution in [0.4, 0.5) is 26.4 Å². The van der Waals surface area contributed by atoms with Crippen LogP contribution in [0.3, 0.4) is 0 Å². The molecule has 0 spiro atoms. The minimum Gasteiger partial charge on any atom is -0.454 e. The first-order valence-corrected chi connectivity index (χ1v) is 10.7. The zero-order valence-corrected chi connectivity index (χ0v) is 18.9. The first-order valence-electron chi connectivity index (χ1n) is 10.4. The van der Waals surface area contributed by atoms with Gasteiger partial charge in [-0.15, -0.1) is 0 Å². The Labute approximate surface area is 196 Å².